The van der Waals surface area contributed by atoms with Crippen molar-refractivity contribution in [2.75, 3.05) is 0 Å². The number of hydrogen-bond acceptors (Lipinski definition) is 2. The van der Waals surface area contributed by atoms with Gasteiger partial charge in [-0.2, -0.15) is 13.2 Å². The first kappa shape index (κ1) is 14.2. The Bertz CT molecular complexity index is 625. The van der Waals surface area contributed by atoms with Gasteiger partial charge in [0.05, 0.1) is 5.56 Å². The lowest BCUT2D eigenvalue weighted by Crippen LogP contribution is -2.45. The van der Waals surface area contributed by atoms with Crippen LogP contribution in [0, 0.1) is 0 Å². The number of carbonyl (C=O) groups is 1. The van der Waals surface area contributed by atoms with E-state index in [1.807, 2.05) is 0 Å². The molecule has 21 heavy (non-hydrogen) atoms. The zero-order chi connectivity index (χ0) is 15.3. The maximum Gasteiger partial charge on any atom is 0.416 e. The highest BCUT2D eigenvalue weighted by atomic mass is 19.4. The summed E-state index contributed by atoms with van der Waals surface area (Å²) in [5.41, 5.74) is 0.228. The van der Waals surface area contributed by atoms with Crippen molar-refractivity contribution in [1.29, 1.82) is 0 Å². The lowest BCUT2D eigenvalue weighted by Gasteiger charge is -2.46. The number of halogens is 3. The number of hydrogen-bond donors (Lipinski definition) is 0. The number of rotatable bonds is 1. The minimum atomic E-state index is -4.40. The highest BCUT2D eigenvalue weighted by molar-refractivity contribution is 5.96. The molecule has 1 aliphatic carbocycles. The van der Waals surface area contributed by atoms with Crippen LogP contribution < -0.4 is 4.74 Å². The minimum absolute atomic E-state index is 0.104. The van der Waals surface area contributed by atoms with Crippen LogP contribution in [0.2, 0.25) is 0 Å². The smallest absolute Gasteiger partial charge is 0.416 e. The third-order valence-electron chi connectivity index (χ3n) is 4.14. The molecule has 1 aromatic rings. The van der Waals surface area contributed by atoms with E-state index in [1.54, 1.807) is 0 Å². The number of ketones is 1. The van der Waals surface area contributed by atoms with Crippen molar-refractivity contribution in [3.63, 3.8) is 0 Å². The molecule has 0 radical (unpaired) electrons. The predicted molar refractivity (Wildman–Crippen MR) is 71.9 cm³/mol. The average molecular weight is 296 g/mol. The molecule has 0 unspecified atom stereocenters. The number of alkyl halides is 3. The second kappa shape index (κ2) is 4.61. The van der Waals surface area contributed by atoms with Crippen molar-refractivity contribution in [2.45, 2.75) is 44.4 Å². The van der Waals surface area contributed by atoms with Gasteiger partial charge in [-0.1, -0.05) is 6.07 Å². The summed E-state index contributed by atoms with van der Waals surface area (Å²) in [6, 6.07) is 3.48. The Balaban J connectivity index is 2.08. The predicted octanol–water partition coefficient (Wildman–Crippen LogP) is 4.38. The third kappa shape index (κ3) is 2.57. The highest BCUT2D eigenvalue weighted by Crippen LogP contribution is 2.50. The lowest BCUT2D eigenvalue weighted by atomic mass is 9.72. The fourth-order valence-electron chi connectivity index (χ4n) is 2.98. The van der Waals surface area contributed by atoms with E-state index in [2.05, 4.69) is 0 Å². The van der Waals surface area contributed by atoms with Gasteiger partial charge in [0, 0.05) is 12.0 Å². The molecule has 5 heteroatoms. The Morgan fingerprint density at radius 2 is 2.05 bits per heavy atom. The SMILES string of the molecule is CC(=O)/C=C1\CC2(CCC2)Oc2cc(C(F)(F)F)ccc21. The van der Waals surface area contributed by atoms with Crippen LogP contribution in [-0.2, 0) is 11.0 Å². The van der Waals surface area contributed by atoms with Gasteiger partial charge >= 0.3 is 6.18 Å². The molecular formula is C16H15F3O2. The minimum Gasteiger partial charge on any atom is -0.486 e. The number of ether oxygens (including phenoxy) is 1. The molecule has 1 heterocycles. The third-order valence-corrected chi connectivity index (χ3v) is 4.14. The van der Waals surface area contributed by atoms with Crippen molar-refractivity contribution in [2.24, 2.45) is 0 Å². The molecule has 1 fully saturated rings. The van der Waals surface area contributed by atoms with E-state index in [0.29, 0.717) is 12.0 Å². The molecule has 2 nitrogen and oxygen atoms in total. The standard InChI is InChI=1S/C16H15F3O2/c1-10(20)7-11-9-15(5-2-6-15)21-14-8-12(16(17,18)19)3-4-13(11)14/h3-4,7-8H,2,5-6,9H2,1H3/b11-7+. The van der Waals surface area contributed by atoms with Crippen molar-refractivity contribution in [3.8, 4) is 5.75 Å². The average Bonchev–Trinajstić information content (AvgIpc) is 2.34. The molecule has 112 valence electrons. The first-order chi connectivity index (χ1) is 9.79. The van der Waals surface area contributed by atoms with Gasteiger partial charge in [-0.05, 0) is 50.0 Å². The molecule has 0 N–H and O–H groups in total. The van der Waals surface area contributed by atoms with E-state index in [1.165, 1.54) is 19.1 Å². The molecule has 1 saturated carbocycles. The zero-order valence-electron chi connectivity index (χ0n) is 11.6. The topological polar surface area (TPSA) is 26.3 Å². The van der Waals surface area contributed by atoms with Crippen LogP contribution in [0.25, 0.3) is 5.57 Å². The molecule has 0 saturated heterocycles. The van der Waals surface area contributed by atoms with Crippen LogP contribution in [0.3, 0.4) is 0 Å². The van der Waals surface area contributed by atoms with E-state index in [0.717, 1.165) is 37.0 Å². The number of fused-ring (bicyclic) bond motifs is 1. The van der Waals surface area contributed by atoms with Crippen molar-refractivity contribution >= 4 is 11.4 Å². The number of carbonyl (C=O) groups excluding carboxylic acids is 1. The first-order valence-corrected chi connectivity index (χ1v) is 6.91. The van der Waals surface area contributed by atoms with Crippen LogP contribution in [0.5, 0.6) is 5.75 Å². The second-order valence-corrected chi connectivity index (χ2v) is 5.80. The fraction of sp³-hybridized carbons (Fsp3) is 0.438. The Morgan fingerprint density at radius 1 is 1.33 bits per heavy atom. The van der Waals surface area contributed by atoms with Crippen LogP contribution in [0.4, 0.5) is 13.2 Å². The summed E-state index contributed by atoms with van der Waals surface area (Å²) in [5.74, 6) is 0.135. The lowest BCUT2D eigenvalue weighted by molar-refractivity contribution is -0.138. The largest absolute Gasteiger partial charge is 0.486 e. The Morgan fingerprint density at radius 3 is 2.57 bits per heavy atom. The van der Waals surface area contributed by atoms with Gasteiger partial charge in [0.1, 0.15) is 11.4 Å². The van der Waals surface area contributed by atoms with Crippen molar-refractivity contribution in [3.05, 3.63) is 35.4 Å². The summed E-state index contributed by atoms with van der Waals surface area (Å²) in [5, 5.41) is 0. The molecular weight excluding hydrogens is 281 g/mol. The summed E-state index contributed by atoms with van der Waals surface area (Å²) >= 11 is 0. The van der Waals surface area contributed by atoms with Gasteiger partial charge in [0.25, 0.3) is 0 Å². The van der Waals surface area contributed by atoms with E-state index in [9.17, 15) is 18.0 Å². The normalized spacial score (nSPS) is 21.6. The van der Waals surface area contributed by atoms with Gasteiger partial charge in [-0.25, -0.2) is 0 Å². The molecule has 0 atom stereocenters. The Kier molecular flexibility index (Phi) is 3.11. The summed E-state index contributed by atoms with van der Waals surface area (Å²) in [6.07, 6.45) is 0.338. The van der Waals surface area contributed by atoms with E-state index >= 15 is 0 Å². The van der Waals surface area contributed by atoms with Crippen LogP contribution in [-0.4, -0.2) is 11.4 Å². The van der Waals surface area contributed by atoms with Gasteiger partial charge in [0.15, 0.2) is 5.78 Å². The van der Waals surface area contributed by atoms with Crippen molar-refractivity contribution < 1.29 is 22.7 Å². The monoisotopic (exact) mass is 296 g/mol. The van der Waals surface area contributed by atoms with Gasteiger partial charge in [-0.3, -0.25) is 4.79 Å². The Hall–Kier alpha value is -1.78. The number of benzene rings is 1. The highest BCUT2D eigenvalue weighted by Gasteiger charge is 2.44. The van der Waals surface area contributed by atoms with Crippen molar-refractivity contribution in [1.82, 2.24) is 0 Å². The van der Waals surface area contributed by atoms with Crippen LogP contribution in [0.15, 0.2) is 24.3 Å². The van der Waals surface area contributed by atoms with E-state index in [-0.39, 0.29) is 11.5 Å². The fourth-order valence-corrected chi connectivity index (χ4v) is 2.98. The molecule has 3 rings (SSSR count). The van der Waals surface area contributed by atoms with Crippen LogP contribution >= 0.6 is 0 Å². The van der Waals surface area contributed by atoms with Gasteiger partial charge in [0.2, 0.25) is 0 Å². The number of allylic oxidation sites excluding steroid dienone is 1. The molecule has 0 amide bonds. The first-order valence-electron chi connectivity index (χ1n) is 6.91. The second-order valence-electron chi connectivity index (χ2n) is 5.80. The molecule has 1 aliphatic heterocycles. The van der Waals surface area contributed by atoms with Gasteiger partial charge in [-0.15, -0.1) is 0 Å². The maximum absolute atomic E-state index is 12.8. The summed E-state index contributed by atoms with van der Waals surface area (Å²) in [6.45, 7) is 1.44. The molecule has 0 bridgehead atoms. The quantitative estimate of drug-likeness (QED) is 0.719. The zero-order valence-corrected chi connectivity index (χ0v) is 11.6. The maximum atomic E-state index is 12.8. The van der Waals surface area contributed by atoms with Crippen LogP contribution in [0.1, 0.15) is 43.7 Å². The van der Waals surface area contributed by atoms with E-state index < -0.39 is 17.3 Å². The van der Waals surface area contributed by atoms with Gasteiger partial charge < -0.3 is 4.74 Å². The summed E-state index contributed by atoms with van der Waals surface area (Å²) < 4.78 is 44.3. The molecule has 1 aromatic carbocycles. The molecule has 1 spiro atoms. The Labute approximate surface area is 120 Å². The van der Waals surface area contributed by atoms with E-state index in [4.69, 9.17) is 4.74 Å². The molecule has 2 aliphatic rings. The summed E-state index contributed by atoms with van der Waals surface area (Å²) in [4.78, 5) is 11.4. The summed E-state index contributed by atoms with van der Waals surface area (Å²) in [7, 11) is 0. The molecule has 0 aromatic heterocycles.